The second-order valence-electron chi connectivity index (χ2n) is 4.19. The molecule has 6 heteroatoms. The lowest BCUT2D eigenvalue weighted by Crippen LogP contribution is -2.04. The van der Waals surface area contributed by atoms with Crippen molar-refractivity contribution >= 4 is 39.1 Å². The summed E-state index contributed by atoms with van der Waals surface area (Å²) in [5.74, 6) is 0.299. The molecule has 3 nitrogen and oxygen atoms in total. The van der Waals surface area contributed by atoms with E-state index in [0.29, 0.717) is 27.0 Å². The lowest BCUT2D eigenvalue weighted by Gasteiger charge is -2.10. The third-order valence-electron chi connectivity index (χ3n) is 2.62. The molecule has 0 aliphatic rings. The van der Waals surface area contributed by atoms with Crippen LogP contribution in [0.5, 0.6) is 0 Å². The van der Waals surface area contributed by atoms with Crippen molar-refractivity contribution in [2.75, 3.05) is 0 Å². The van der Waals surface area contributed by atoms with Gasteiger partial charge in [0.05, 0.1) is 21.4 Å². The second-order valence-corrected chi connectivity index (χ2v) is 5.57. The SMILES string of the molecule is CC(C)c1nnn(-c2c(Cl)cccc2Cl)c1CBr. The maximum Gasteiger partial charge on any atom is 0.104 e. The number of alkyl halides is 1. The van der Waals surface area contributed by atoms with Crippen molar-refractivity contribution < 1.29 is 0 Å². The molecule has 0 bridgehead atoms. The van der Waals surface area contributed by atoms with Crippen molar-refractivity contribution in [3.63, 3.8) is 0 Å². The van der Waals surface area contributed by atoms with Gasteiger partial charge in [0.25, 0.3) is 0 Å². The first-order valence-electron chi connectivity index (χ1n) is 5.51. The average Bonchev–Trinajstić information content (AvgIpc) is 2.72. The minimum Gasteiger partial charge on any atom is -0.213 e. The topological polar surface area (TPSA) is 30.7 Å². The van der Waals surface area contributed by atoms with Crippen LogP contribution in [-0.2, 0) is 5.33 Å². The standard InChI is InChI=1S/C12H12BrCl2N3/c1-7(2)11-10(6-13)18(17-16-11)12-8(14)4-3-5-9(12)15/h3-5,7H,6H2,1-2H3. The summed E-state index contributed by atoms with van der Waals surface area (Å²) in [7, 11) is 0. The fraction of sp³-hybridized carbons (Fsp3) is 0.333. The van der Waals surface area contributed by atoms with Crippen molar-refractivity contribution in [1.29, 1.82) is 0 Å². The second kappa shape index (κ2) is 5.59. The molecule has 2 rings (SSSR count). The van der Waals surface area contributed by atoms with Crippen LogP contribution in [0, 0.1) is 0 Å². The molecular weight excluding hydrogens is 337 g/mol. The molecule has 96 valence electrons. The summed E-state index contributed by atoms with van der Waals surface area (Å²) >= 11 is 15.9. The Morgan fingerprint density at radius 2 is 1.89 bits per heavy atom. The van der Waals surface area contributed by atoms with Crippen LogP contribution in [-0.4, -0.2) is 15.0 Å². The smallest absolute Gasteiger partial charge is 0.104 e. The van der Waals surface area contributed by atoms with E-state index in [4.69, 9.17) is 23.2 Å². The summed E-state index contributed by atoms with van der Waals surface area (Å²) in [5.41, 5.74) is 2.59. The normalized spacial score (nSPS) is 11.2. The molecular formula is C12H12BrCl2N3. The van der Waals surface area contributed by atoms with E-state index in [1.165, 1.54) is 0 Å². The molecule has 0 aliphatic carbocycles. The number of hydrogen-bond acceptors (Lipinski definition) is 2. The Kier molecular flexibility index (Phi) is 4.30. The maximum absolute atomic E-state index is 6.19. The highest BCUT2D eigenvalue weighted by Crippen LogP contribution is 2.31. The molecule has 18 heavy (non-hydrogen) atoms. The Bertz CT molecular complexity index is 546. The zero-order chi connectivity index (χ0) is 13.3. The molecule has 2 aromatic rings. The Morgan fingerprint density at radius 3 is 2.39 bits per heavy atom. The van der Waals surface area contributed by atoms with Crippen LogP contribution in [0.15, 0.2) is 18.2 Å². The third-order valence-corrected chi connectivity index (χ3v) is 3.76. The van der Waals surface area contributed by atoms with E-state index in [1.807, 2.05) is 6.07 Å². The zero-order valence-corrected chi connectivity index (χ0v) is 13.1. The van der Waals surface area contributed by atoms with Gasteiger partial charge >= 0.3 is 0 Å². The van der Waals surface area contributed by atoms with Crippen molar-refractivity contribution in [2.45, 2.75) is 25.1 Å². The number of aromatic nitrogens is 3. The van der Waals surface area contributed by atoms with Gasteiger partial charge in [0, 0.05) is 5.33 Å². The Labute approximate surface area is 124 Å². The van der Waals surface area contributed by atoms with Crippen LogP contribution < -0.4 is 0 Å². The van der Waals surface area contributed by atoms with Crippen LogP contribution in [0.3, 0.4) is 0 Å². The van der Waals surface area contributed by atoms with E-state index in [1.54, 1.807) is 16.8 Å². The third kappa shape index (κ3) is 2.42. The molecule has 1 aromatic heterocycles. The van der Waals surface area contributed by atoms with E-state index in [0.717, 1.165) is 11.4 Å². The molecule has 0 unspecified atom stereocenters. The predicted molar refractivity (Wildman–Crippen MR) is 78.1 cm³/mol. The molecule has 0 amide bonds. The summed E-state index contributed by atoms with van der Waals surface area (Å²) in [5, 5.41) is 10.1. The minimum atomic E-state index is 0.299. The molecule has 0 N–H and O–H groups in total. The highest BCUT2D eigenvalue weighted by atomic mass is 79.9. The number of benzene rings is 1. The highest BCUT2D eigenvalue weighted by molar-refractivity contribution is 9.08. The summed E-state index contributed by atoms with van der Waals surface area (Å²) in [4.78, 5) is 0. The Balaban J connectivity index is 2.65. The number of halogens is 3. The van der Waals surface area contributed by atoms with Crippen LogP contribution >= 0.6 is 39.1 Å². The van der Waals surface area contributed by atoms with Crippen LogP contribution in [0.4, 0.5) is 0 Å². The van der Waals surface area contributed by atoms with Gasteiger partial charge in [-0.3, -0.25) is 0 Å². The van der Waals surface area contributed by atoms with Crippen LogP contribution in [0.2, 0.25) is 10.0 Å². The molecule has 0 radical (unpaired) electrons. The first-order chi connectivity index (χ1) is 8.56. The molecule has 0 fully saturated rings. The van der Waals surface area contributed by atoms with E-state index in [2.05, 4.69) is 40.1 Å². The van der Waals surface area contributed by atoms with Crippen LogP contribution in [0.1, 0.15) is 31.2 Å². The van der Waals surface area contributed by atoms with Gasteiger partial charge in [-0.2, -0.15) is 0 Å². The van der Waals surface area contributed by atoms with Crippen molar-refractivity contribution in [2.24, 2.45) is 0 Å². The number of para-hydroxylation sites is 1. The quantitative estimate of drug-likeness (QED) is 0.759. The molecule has 0 atom stereocenters. The van der Waals surface area contributed by atoms with Crippen molar-refractivity contribution in [3.8, 4) is 5.69 Å². The molecule has 1 aromatic carbocycles. The van der Waals surface area contributed by atoms with Gasteiger partial charge < -0.3 is 0 Å². The average molecular weight is 349 g/mol. The summed E-state index contributed by atoms with van der Waals surface area (Å²) in [6.45, 7) is 4.16. The molecule has 0 spiro atoms. The Hall–Kier alpha value is -0.580. The Morgan fingerprint density at radius 1 is 1.28 bits per heavy atom. The lowest BCUT2D eigenvalue weighted by atomic mass is 10.1. The lowest BCUT2D eigenvalue weighted by molar-refractivity contribution is 0.772. The minimum absolute atomic E-state index is 0.299. The van der Waals surface area contributed by atoms with Crippen molar-refractivity contribution in [1.82, 2.24) is 15.0 Å². The molecule has 0 saturated carbocycles. The van der Waals surface area contributed by atoms with E-state index >= 15 is 0 Å². The highest BCUT2D eigenvalue weighted by Gasteiger charge is 2.19. The van der Waals surface area contributed by atoms with Gasteiger partial charge in [0.2, 0.25) is 0 Å². The summed E-state index contributed by atoms with van der Waals surface area (Å²) in [6, 6.07) is 5.39. The predicted octanol–water partition coefficient (Wildman–Crippen LogP) is 4.59. The largest absolute Gasteiger partial charge is 0.213 e. The van der Waals surface area contributed by atoms with E-state index in [9.17, 15) is 0 Å². The molecule has 0 aliphatic heterocycles. The first-order valence-corrected chi connectivity index (χ1v) is 7.38. The summed E-state index contributed by atoms with van der Waals surface area (Å²) < 4.78 is 1.70. The monoisotopic (exact) mass is 347 g/mol. The van der Waals surface area contributed by atoms with Gasteiger partial charge in [-0.05, 0) is 18.1 Å². The number of rotatable bonds is 3. The van der Waals surface area contributed by atoms with Gasteiger partial charge in [0.1, 0.15) is 5.69 Å². The fourth-order valence-corrected chi connectivity index (χ4v) is 2.84. The van der Waals surface area contributed by atoms with Gasteiger partial charge in [0.15, 0.2) is 0 Å². The van der Waals surface area contributed by atoms with Gasteiger partial charge in [-0.15, -0.1) is 5.10 Å². The molecule has 0 saturated heterocycles. The number of hydrogen-bond donors (Lipinski definition) is 0. The first kappa shape index (κ1) is 13.8. The fourth-order valence-electron chi connectivity index (χ4n) is 1.76. The van der Waals surface area contributed by atoms with Gasteiger partial charge in [-0.25, -0.2) is 4.68 Å². The number of nitrogens with zero attached hydrogens (tertiary/aromatic N) is 3. The van der Waals surface area contributed by atoms with Gasteiger partial charge in [-0.1, -0.05) is 64.3 Å². The van der Waals surface area contributed by atoms with Crippen molar-refractivity contribution in [3.05, 3.63) is 39.6 Å². The zero-order valence-electron chi connectivity index (χ0n) is 9.99. The summed E-state index contributed by atoms with van der Waals surface area (Å²) in [6.07, 6.45) is 0. The van der Waals surface area contributed by atoms with E-state index in [-0.39, 0.29) is 0 Å². The maximum atomic E-state index is 6.19. The van der Waals surface area contributed by atoms with Crippen LogP contribution in [0.25, 0.3) is 5.69 Å². The van der Waals surface area contributed by atoms with E-state index < -0.39 is 0 Å². The molecule has 1 heterocycles.